The molecule has 0 fully saturated rings. The lowest BCUT2D eigenvalue weighted by molar-refractivity contribution is 0.502. The standard InChI is InChI=1S/C17H27N3S/c1-4-5-6-7-14(3)18-10-11-21-17-19-15-9-8-13(2)12-16(15)20-17/h8-9,12,14,18H,4-7,10-11H2,1-3H3,(H,19,20). The second kappa shape index (κ2) is 8.44. The first-order chi connectivity index (χ1) is 10.2. The van der Waals surface area contributed by atoms with Crippen LogP contribution < -0.4 is 5.32 Å². The smallest absolute Gasteiger partial charge is 0.166 e. The van der Waals surface area contributed by atoms with Gasteiger partial charge < -0.3 is 10.3 Å². The number of benzene rings is 1. The molecule has 0 spiro atoms. The van der Waals surface area contributed by atoms with E-state index in [-0.39, 0.29) is 0 Å². The first-order valence-corrected chi connectivity index (χ1v) is 9.00. The first kappa shape index (κ1) is 16.4. The van der Waals surface area contributed by atoms with Crippen molar-refractivity contribution in [2.24, 2.45) is 0 Å². The van der Waals surface area contributed by atoms with E-state index in [1.165, 1.54) is 31.2 Å². The van der Waals surface area contributed by atoms with Gasteiger partial charge in [0.15, 0.2) is 5.16 Å². The number of fused-ring (bicyclic) bond motifs is 1. The molecule has 0 radical (unpaired) electrons. The summed E-state index contributed by atoms with van der Waals surface area (Å²) in [6.45, 7) is 7.68. The summed E-state index contributed by atoms with van der Waals surface area (Å²) in [6, 6.07) is 6.96. The Balaban J connectivity index is 1.70. The zero-order valence-corrected chi connectivity index (χ0v) is 14.2. The zero-order chi connectivity index (χ0) is 15.1. The Hall–Kier alpha value is -1.00. The van der Waals surface area contributed by atoms with Gasteiger partial charge in [-0.15, -0.1) is 0 Å². The van der Waals surface area contributed by atoms with Crippen LogP contribution in [0.4, 0.5) is 0 Å². The van der Waals surface area contributed by atoms with Gasteiger partial charge in [0.05, 0.1) is 11.0 Å². The molecule has 21 heavy (non-hydrogen) atoms. The van der Waals surface area contributed by atoms with Crippen LogP contribution in [0, 0.1) is 6.92 Å². The second-order valence-corrected chi connectivity index (χ2v) is 6.85. The summed E-state index contributed by atoms with van der Waals surface area (Å²) in [5.41, 5.74) is 3.47. The minimum atomic E-state index is 0.621. The van der Waals surface area contributed by atoms with E-state index in [1.807, 2.05) is 0 Å². The molecule has 4 heteroatoms. The van der Waals surface area contributed by atoms with Crippen LogP contribution >= 0.6 is 11.8 Å². The number of rotatable bonds is 9. The van der Waals surface area contributed by atoms with Crippen LogP contribution in [-0.4, -0.2) is 28.3 Å². The number of aromatic nitrogens is 2. The molecule has 1 atom stereocenters. The van der Waals surface area contributed by atoms with Gasteiger partial charge in [-0.25, -0.2) is 4.98 Å². The van der Waals surface area contributed by atoms with E-state index < -0.39 is 0 Å². The number of nitrogens with zero attached hydrogens (tertiary/aromatic N) is 1. The summed E-state index contributed by atoms with van der Waals surface area (Å²) in [6.07, 6.45) is 5.26. The van der Waals surface area contributed by atoms with Gasteiger partial charge in [0.2, 0.25) is 0 Å². The Bertz CT molecular complexity index is 550. The highest BCUT2D eigenvalue weighted by atomic mass is 32.2. The predicted molar refractivity (Wildman–Crippen MR) is 93.2 cm³/mol. The molecule has 0 saturated carbocycles. The average molecular weight is 305 g/mol. The fraction of sp³-hybridized carbons (Fsp3) is 0.588. The summed E-state index contributed by atoms with van der Waals surface area (Å²) >= 11 is 1.79. The predicted octanol–water partition coefficient (Wildman–Crippen LogP) is 4.52. The van der Waals surface area contributed by atoms with Crippen LogP contribution in [0.25, 0.3) is 11.0 Å². The number of aromatic amines is 1. The SMILES string of the molecule is CCCCCC(C)NCCSc1nc2ccc(C)cc2[nH]1. The molecule has 1 unspecified atom stereocenters. The van der Waals surface area contributed by atoms with Gasteiger partial charge in [0.25, 0.3) is 0 Å². The summed E-state index contributed by atoms with van der Waals surface area (Å²) in [7, 11) is 0. The topological polar surface area (TPSA) is 40.7 Å². The summed E-state index contributed by atoms with van der Waals surface area (Å²) in [5.74, 6) is 1.05. The van der Waals surface area contributed by atoms with Gasteiger partial charge in [0, 0.05) is 18.3 Å². The average Bonchev–Trinajstić information content (AvgIpc) is 2.85. The van der Waals surface area contributed by atoms with Crippen LogP contribution in [0.1, 0.15) is 45.1 Å². The third-order valence-corrected chi connectivity index (χ3v) is 4.57. The van der Waals surface area contributed by atoms with Gasteiger partial charge in [-0.2, -0.15) is 0 Å². The maximum atomic E-state index is 4.61. The number of hydrogen-bond donors (Lipinski definition) is 2. The molecular weight excluding hydrogens is 278 g/mol. The normalized spacial score (nSPS) is 12.9. The van der Waals surface area contributed by atoms with E-state index in [0.29, 0.717) is 6.04 Å². The largest absolute Gasteiger partial charge is 0.333 e. The number of imidazole rings is 1. The molecule has 1 aromatic heterocycles. The van der Waals surface area contributed by atoms with Crippen molar-refractivity contribution >= 4 is 22.8 Å². The van der Waals surface area contributed by atoms with E-state index in [9.17, 15) is 0 Å². The molecule has 116 valence electrons. The number of unbranched alkanes of at least 4 members (excludes halogenated alkanes) is 2. The summed E-state index contributed by atoms with van der Waals surface area (Å²) < 4.78 is 0. The van der Waals surface area contributed by atoms with Gasteiger partial charge in [-0.05, 0) is 38.0 Å². The quantitative estimate of drug-likeness (QED) is 0.528. The Morgan fingerprint density at radius 2 is 2.19 bits per heavy atom. The third kappa shape index (κ3) is 5.36. The van der Waals surface area contributed by atoms with E-state index >= 15 is 0 Å². The molecule has 0 bridgehead atoms. The lowest BCUT2D eigenvalue weighted by atomic mass is 10.1. The maximum Gasteiger partial charge on any atom is 0.166 e. The highest BCUT2D eigenvalue weighted by Gasteiger charge is 2.04. The minimum absolute atomic E-state index is 0.621. The van der Waals surface area contributed by atoms with Crippen LogP contribution in [0.2, 0.25) is 0 Å². The van der Waals surface area contributed by atoms with Crippen molar-refractivity contribution in [2.45, 2.75) is 57.7 Å². The van der Waals surface area contributed by atoms with Crippen molar-refractivity contribution in [2.75, 3.05) is 12.3 Å². The molecule has 1 aromatic carbocycles. The molecule has 2 aromatic rings. The van der Waals surface area contributed by atoms with Crippen molar-refractivity contribution in [1.82, 2.24) is 15.3 Å². The van der Waals surface area contributed by atoms with Gasteiger partial charge in [-0.1, -0.05) is 44.0 Å². The Kier molecular flexibility index (Phi) is 6.58. The molecular formula is C17H27N3S. The van der Waals surface area contributed by atoms with Crippen molar-refractivity contribution in [1.29, 1.82) is 0 Å². The molecule has 0 amide bonds. The maximum absolute atomic E-state index is 4.61. The monoisotopic (exact) mass is 305 g/mol. The number of hydrogen-bond acceptors (Lipinski definition) is 3. The highest BCUT2D eigenvalue weighted by Crippen LogP contribution is 2.19. The lowest BCUT2D eigenvalue weighted by Gasteiger charge is -2.12. The van der Waals surface area contributed by atoms with E-state index in [1.54, 1.807) is 11.8 Å². The molecule has 0 aliphatic rings. The van der Waals surface area contributed by atoms with Gasteiger partial charge in [-0.3, -0.25) is 0 Å². The number of aryl methyl sites for hydroxylation is 1. The van der Waals surface area contributed by atoms with E-state index in [2.05, 4.69) is 54.3 Å². The Morgan fingerprint density at radius 3 is 3.00 bits per heavy atom. The molecule has 0 saturated heterocycles. The zero-order valence-electron chi connectivity index (χ0n) is 13.4. The van der Waals surface area contributed by atoms with Crippen LogP contribution in [0.15, 0.2) is 23.4 Å². The molecule has 2 N–H and O–H groups in total. The van der Waals surface area contributed by atoms with Gasteiger partial charge in [0.1, 0.15) is 0 Å². The fourth-order valence-corrected chi connectivity index (χ4v) is 3.18. The molecule has 0 aliphatic heterocycles. The highest BCUT2D eigenvalue weighted by molar-refractivity contribution is 7.99. The van der Waals surface area contributed by atoms with E-state index in [0.717, 1.165) is 28.5 Å². The number of thioether (sulfide) groups is 1. The van der Waals surface area contributed by atoms with Crippen molar-refractivity contribution < 1.29 is 0 Å². The van der Waals surface area contributed by atoms with Crippen LogP contribution in [0.5, 0.6) is 0 Å². The number of nitrogens with one attached hydrogen (secondary N) is 2. The van der Waals surface area contributed by atoms with Crippen LogP contribution in [0.3, 0.4) is 0 Å². The summed E-state index contributed by atoms with van der Waals surface area (Å²) in [5, 5.41) is 4.62. The second-order valence-electron chi connectivity index (χ2n) is 5.76. The van der Waals surface area contributed by atoms with Crippen LogP contribution in [-0.2, 0) is 0 Å². The third-order valence-electron chi connectivity index (χ3n) is 3.69. The van der Waals surface area contributed by atoms with Crippen molar-refractivity contribution in [3.8, 4) is 0 Å². The minimum Gasteiger partial charge on any atom is -0.333 e. The van der Waals surface area contributed by atoms with Gasteiger partial charge >= 0.3 is 0 Å². The molecule has 3 nitrogen and oxygen atoms in total. The molecule has 2 rings (SSSR count). The Morgan fingerprint density at radius 1 is 1.33 bits per heavy atom. The number of H-pyrrole nitrogens is 1. The fourth-order valence-electron chi connectivity index (χ4n) is 2.42. The van der Waals surface area contributed by atoms with Crippen molar-refractivity contribution in [3.05, 3.63) is 23.8 Å². The molecule has 0 aliphatic carbocycles. The summed E-state index contributed by atoms with van der Waals surface area (Å²) in [4.78, 5) is 8.00. The lowest BCUT2D eigenvalue weighted by Crippen LogP contribution is -2.28. The molecule has 1 heterocycles. The van der Waals surface area contributed by atoms with Crippen molar-refractivity contribution in [3.63, 3.8) is 0 Å². The van der Waals surface area contributed by atoms with E-state index in [4.69, 9.17) is 0 Å². The Labute approximate surface area is 132 Å². The first-order valence-electron chi connectivity index (χ1n) is 8.01.